The first kappa shape index (κ1) is 15.9. The van der Waals surface area contributed by atoms with Crippen molar-refractivity contribution in [3.8, 4) is 0 Å². The molecule has 0 aliphatic heterocycles. The van der Waals surface area contributed by atoms with Crippen LogP contribution in [0.25, 0.3) is 0 Å². The molecular formula is C10H16Br2O4. The Bertz CT molecular complexity index is 241. The SMILES string of the molecule is CCOC(=O)CCCC(Br)(Br)C(=O)OCC. The third-order valence-electron chi connectivity index (χ3n) is 1.75. The molecule has 0 aromatic rings. The Hall–Kier alpha value is -0.100. The number of halogens is 2. The lowest BCUT2D eigenvalue weighted by molar-refractivity contribution is -0.145. The first-order valence-corrected chi connectivity index (χ1v) is 6.73. The molecule has 6 heteroatoms. The van der Waals surface area contributed by atoms with Crippen LogP contribution in [0.3, 0.4) is 0 Å². The molecular weight excluding hydrogens is 344 g/mol. The minimum absolute atomic E-state index is 0.248. The molecule has 0 spiro atoms. The average molecular weight is 360 g/mol. The number of hydrogen-bond acceptors (Lipinski definition) is 4. The highest BCUT2D eigenvalue weighted by molar-refractivity contribution is 9.25. The van der Waals surface area contributed by atoms with Gasteiger partial charge >= 0.3 is 11.9 Å². The van der Waals surface area contributed by atoms with E-state index in [0.717, 1.165) is 0 Å². The topological polar surface area (TPSA) is 52.6 Å². The van der Waals surface area contributed by atoms with E-state index in [0.29, 0.717) is 32.5 Å². The van der Waals surface area contributed by atoms with Gasteiger partial charge in [-0.15, -0.1) is 0 Å². The minimum Gasteiger partial charge on any atom is -0.466 e. The molecule has 0 fully saturated rings. The van der Waals surface area contributed by atoms with Crippen molar-refractivity contribution in [2.24, 2.45) is 0 Å². The quantitative estimate of drug-likeness (QED) is 0.518. The van der Waals surface area contributed by atoms with E-state index in [4.69, 9.17) is 9.47 Å². The molecule has 94 valence electrons. The van der Waals surface area contributed by atoms with Gasteiger partial charge < -0.3 is 9.47 Å². The van der Waals surface area contributed by atoms with E-state index in [1.807, 2.05) is 0 Å². The molecule has 0 aliphatic rings. The fourth-order valence-corrected chi connectivity index (χ4v) is 1.82. The Kier molecular flexibility index (Phi) is 8.01. The molecule has 0 atom stereocenters. The Balaban J connectivity index is 3.90. The number of alkyl halides is 2. The highest BCUT2D eigenvalue weighted by Crippen LogP contribution is 2.33. The maximum atomic E-state index is 11.4. The second-order valence-electron chi connectivity index (χ2n) is 3.08. The van der Waals surface area contributed by atoms with Gasteiger partial charge in [-0.2, -0.15) is 0 Å². The molecule has 0 amide bonds. The number of carbonyl (C=O) groups excluding carboxylic acids is 2. The average Bonchev–Trinajstić information content (AvgIpc) is 2.18. The fourth-order valence-electron chi connectivity index (χ4n) is 1.03. The van der Waals surface area contributed by atoms with Crippen LogP contribution < -0.4 is 0 Å². The normalized spacial score (nSPS) is 11.0. The lowest BCUT2D eigenvalue weighted by atomic mass is 10.2. The van der Waals surface area contributed by atoms with Crippen molar-refractivity contribution < 1.29 is 19.1 Å². The van der Waals surface area contributed by atoms with Crippen LogP contribution in [-0.4, -0.2) is 28.4 Å². The maximum Gasteiger partial charge on any atom is 0.333 e. The standard InChI is InChI=1S/C10H16Br2O4/c1-3-15-8(13)6-5-7-10(11,12)9(14)16-4-2/h3-7H2,1-2H3. The van der Waals surface area contributed by atoms with Gasteiger partial charge in [-0.1, -0.05) is 31.9 Å². The van der Waals surface area contributed by atoms with Crippen molar-refractivity contribution in [1.82, 2.24) is 0 Å². The summed E-state index contributed by atoms with van der Waals surface area (Å²) in [4.78, 5) is 22.5. The highest BCUT2D eigenvalue weighted by Gasteiger charge is 2.33. The second-order valence-corrected chi connectivity index (χ2v) is 6.86. The zero-order chi connectivity index (χ0) is 12.6. The molecule has 0 radical (unpaired) electrons. The molecule has 16 heavy (non-hydrogen) atoms. The maximum absolute atomic E-state index is 11.4. The Morgan fingerprint density at radius 2 is 1.69 bits per heavy atom. The summed E-state index contributed by atoms with van der Waals surface area (Å²) in [7, 11) is 0. The Morgan fingerprint density at radius 1 is 1.12 bits per heavy atom. The molecule has 0 aliphatic carbocycles. The van der Waals surface area contributed by atoms with Crippen molar-refractivity contribution in [3.05, 3.63) is 0 Å². The highest BCUT2D eigenvalue weighted by atomic mass is 79.9. The number of ether oxygens (including phenoxy) is 2. The van der Waals surface area contributed by atoms with E-state index in [1.165, 1.54) is 0 Å². The van der Waals surface area contributed by atoms with Crippen LogP contribution in [0, 0.1) is 0 Å². The van der Waals surface area contributed by atoms with Crippen LogP contribution in [0.15, 0.2) is 0 Å². The molecule has 0 bridgehead atoms. The van der Waals surface area contributed by atoms with Gasteiger partial charge in [0.1, 0.15) is 0 Å². The summed E-state index contributed by atoms with van der Waals surface area (Å²) in [6.45, 7) is 4.21. The number of rotatable bonds is 7. The van der Waals surface area contributed by atoms with Gasteiger partial charge in [0.15, 0.2) is 3.23 Å². The van der Waals surface area contributed by atoms with Crippen molar-refractivity contribution in [2.45, 2.75) is 36.3 Å². The zero-order valence-electron chi connectivity index (χ0n) is 9.42. The first-order chi connectivity index (χ1) is 7.44. The zero-order valence-corrected chi connectivity index (χ0v) is 12.6. The second kappa shape index (κ2) is 8.06. The third kappa shape index (κ3) is 6.48. The fraction of sp³-hybridized carbons (Fsp3) is 0.800. The summed E-state index contributed by atoms with van der Waals surface area (Å²) < 4.78 is 8.74. The summed E-state index contributed by atoms with van der Waals surface area (Å²) in [5, 5.41) is 0. The molecule has 0 rings (SSSR count). The largest absolute Gasteiger partial charge is 0.466 e. The van der Waals surface area contributed by atoms with Gasteiger partial charge in [0.2, 0.25) is 0 Å². The predicted octanol–water partition coefficient (Wildman–Crippen LogP) is 2.77. The third-order valence-corrected chi connectivity index (χ3v) is 3.19. The van der Waals surface area contributed by atoms with Crippen LogP contribution in [0.1, 0.15) is 33.1 Å². The van der Waals surface area contributed by atoms with Crippen LogP contribution in [0.2, 0.25) is 0 Å². The number of esters is 2. The van der Waals surface area contributed by atoms with E-state index >= 15 is 0 Å². The van der Waals surface area contributed by atoms with E-state index in [2.05, 4.69) is 31.9 Å². The summed E-state index contributed by atoms with van der Waals surface area (Å²) in [5.41, 5.74) is 0. The summed E-state index contributed by atoms with van der Waals surface area (Å²) in [6, 6.07) is 0. The molecule has 4 nitrogen and oxygen atoms in total. The smallest absolute Gasteiger partial charge is 0.333 e. The summed E-state index contributed by atoms with van der Waals surface area (Å²) in [5.74, 6) is -0.624. The van der Waals surface area contributed by atoms with Gasteiger partial charge in [-0.05, 0) is 26.7 Å². The van der Waals surface area contributed by atoms with Gasteiger partial charge in [0, 0.05) is 6.42 Å². The lowest BCUT2D eigenvalue weighted by Crippen LogP contribution is -2.27. The number of carbonyl (C=O) groups is 2. The van der Waals surface area contributed by atoms with Gasteiger partial charge in [-0.25, -0.2) is 4.79 Å². The first-order valence-electron chi connectivity index (χ1n) is 5.14. The van der Waals surface area contributed by atoms with Gasteiger partial charge in [0.05, 0.1) is 13.2 Å². The Labute approximate surface area is 112 Å². The van der Waals surface area contributed by atoms with Crippen molar-refractivity contribution in [3.63, 3.8) is 0 Å². The summed E-state index contributed by atoms with van der Waals surface area (Å²) >= 11 is 6.46. The van der Waals surface area contributed by atoms with E-state index in [1.54, 1.807) is 13.8 Å². The van der Waals surface area contributed by atoms with E-state index in [9.17, 15) is 9.59 Å². The van der Waals surface area contributed by atoms with Crippen LogP contribution in [0.5, 0.6) is 0 Å². The molecule has 0 unspecified atom stereocenters. The molecule has 0 heterocycles. The molecule has 0 saturated heterocycles. The van der Waals surface area contributed by atoms with Gasteiger partial charge in [-0.3, -0.25) is 4.79 Å². The monoisotopic (exact) mass is 358 g/mol. The molecule has 0 aromatic carbocycles. The van der Waals surface area contributed by atoms with Crippen molar-refractivity contribution in [1.29, 1.82) is 0 Å². The Morgan fingerprint density at radius 3 is 2.19 bits per heavy atom. The van der Waals surface area contributed by atoms with Crippen molar-refractivity contribution >= 4 is 43.8 Å². The summed E-state index contributed by atoms with van der Waals surface area (Å²) in [6.07, 6.45) is 1.31. The molecule has 0 saturated carbocycles. The predicted molar refractivity (Wildman–Crippen MR) is 67.7 cm³/mol. The van der Waals surface area contributed by atoms with E-state index in [-0.39, 0.29) is 11.9 Å². The molecule has 0 N–H and O–H groups in total. The van der Waals surface area contributed by atoms with Crippen LogP contribution in [0.4, 0.5) is 0 Å². The van der Waals surface area contributed by atoms with Gasteiger partial charge in [0.25, 0.3) is 0 Å². The minimum atomic E-state index is -0.900. The molecule has 0 aromatic heterocycles. The van der Waals surface area contributed by atoms with Crippen molar-refractivity contribution in [2.75, 3.05) is 13.2 Å². The lowest BCUT2D eigenvalue weighted by Gasteiger charge is -2.17. The number of hydrogen-bond donors (Lipinski definition) is 0. The van der Waals surface area contributed by atoms with E-state index < -0.39 is 3.23 Å². The van der Waals surface area contributed by atoms with Crippen LogP contribution in [-0.2, 0) is 19.1 Å². The van der Waals surface area contributed by atoms with Crippen LogP contribution >= 0.6 is 31.9 Å².